The Balaban J connectivity index is 1.23. The summed E-state index contributed by atoms with van der Waals surface area (Å²) in [7, 11) is 0. The molecule has 1 aliphatic carbocycles. The van der Waals surface area contributed by atoms with Crippen LogP contribution in [0.1, 0.15) is 70.6 Å². The highest BCUT2D eigenvalue weighted by atomic mass is 32.1. The molecule has 186 valence electrons. The van der Waals surface area contributed by atoms with Crippen molar-refractivity contribution >= 4 is 23.0 Å². The van der Waals surface area contributed by atoms with Gasteiger partial charge in [0.05, 0.1) is 13.2 Å². The standard InChI is InChI=1S/C26H45N5OS/c33-26(29-24-12-15-27-16-13-24)28-14-7-2-1-3-8-18-31(25-10-5-4-6-11-25)19-9-17-30-20-22-32-23-21-30/h12-13,15-16,25H,1-11,14,17-23H2,(H2,27,28,29,33). The summed E-state index contributed by atoms with van der Waals surface area (Å²) in [5.74, 6) is 0. The van der Waals surface area contributed by atoms with Crippen LogP contribution in [0.25, 0.3) is 0 Å². The second kappa shape index (κ2) is 16.4. The fraction of sp³-hybridized carbons (Fsp3) is 0.769. The molecule has 0 aromatic carbocycles. The van der Waals surface area contributed by atoms with Gasteiger partial charge in [0.25, 0.3) is 0 Å². The first-order chi connectivity index (χ1) is 16.3. The molecule has 3 rings (SSSR count). The minimum Gasteiger partial charge on any atom is -0.379 e. The quantitative estimate of drug-likeness (QED) is 0.299. The van der Waals surface area contributed by atoms with Crippen molar-refractivity contribution in [1.29, 1.82) is 0 Å². The maximum atomic E-state index is 5.49. The highest BCUT2D eigenvalue weighted by Crippen LogP contribution is 2.23. The number of hydrogen-bond acceptors (Lipinski definition) is 5. The Labute approximate surface area is 206 Å². The summed E-state index contributed by atoms with van der Waals surface area (Å²) in [6.07, 6.45) is 18.4. The predicted octanol–water partition coefficient (Wildman–Crippen LogP) is 4.68. The van der Waals surface area contributed by atoms with Crippen LogP contribution >= 0.6 is 12.2 Å². The number of morpholine rings is 1. The molecule has 33 heavy (non-hydrogen) atoms. The highest BCUT2D eigenvalue weighted by Gasteiger charge is 2.21. The summed E-state index contributed by atoms with van der Waals surface area (Å²) in [6, 6.07) is 4.68. The van der Waals surface area contributed by atoms with E-state index in [1.54, 1.807) is 12.4 Å². The number of nitrogens with one attached hydrogen (secondary N) is 2. The lowest BCUT2D eigenvalue weighted by Gasteiger charge is -2.35. The first-order valence-electron chi connectivity index (χ1n) is 13.3. The van der Waals surface area contributed by atoms with Crippen molar-refractivity contribution in [3.63, 3.8) is 0 Å². The lowest BCUT2D eigenvalue weighted by Crippen LogP contribution is -2.41. The van der Waals surface area contributed by atoms with E-state index in [1.807, 2.05) is 12.1 Å². The zero-order valence-electron chi connectivity index (χ0n) is 20.5. The van der Waals surface area contributed by atoms with Crippen LogP contribution in [-0.4, -0.2) is 78.4 Å². The molecule has 1 aromatic rings. The molecule has 0 spiro atoms. The maximum absolute atomic E-state index is 5.49. The average Bonchev–Trinajstić information content (AvgIpc) is 2.86. The van der Waals surface area contributed by atoms with E-state index in [2.05, 4.69) is 25.4 Å². The van der Waals surface area contributed by atoms with Gasteiger partial charge in [0.2, 0.25) is 0 Å². The van der Waals surface area contributed by atoms with Crippen molar-refractivity contribution in [1.82, 2.24) is 20.1 Å². The Morgan fingerprint density at radius 3 is 2.45 bits per heavy atom. The molecule has 1 aliphatic heterocycles. The largest absolute Gasteiger partial charge is 0.379 e. The van der Waals surface area contributed by atoms with Crippen LogP contribution in [0.3, 0.4) is 0 Å². The predicted molar refractivity (Wildman–Crippen MR) is 142 cm³/mol. The molecular weight excluding hydrogens is 430 g/mol. The molecule has 2 fully saturated rings. The molecule has 2 aliphatic rings. The third kappa shape index (κ3) is 11.1. The lowest BCUT2D eigenvalue weighted by molar-refractivity contribution is 0.0348. The molecule has 0 radical (unpaired) electrons. The van der Waals surface area contributed by atoms with E-state index in [-0.39, 0.29) is 0 Å². The molecule has 0 bridgehead atoms. The van der Waals surface area contributed by atoms with Crippen molar-refractivity contribution < 1.29 is 4.74 Å². The highest BCUT2D eigenvalue weighted by molar-refractivity contribution is 7.80. The van der Waals surface area contributed by atoms with Crippen molar-refractivity contribution in [2.75, 3.05) is 57.8 Å². The third-order valence-corrected chi connectivity index (χ3v) is 7.21. The van der Waals surface area contributed by atoms with Gasteiger partial charge in [-0.05, 0) is 76.1 Å². The lowest BCUT2D eigenvalue weighted by atomic mass is 9.93. The summed E-state index contributed by atoms with van der Waals surface area (Å²) in [5.41, 5.74) is 0.981. The number of thiocarbonyl (C=S) groups is 1. The Kier molecular flexibility index (Phi) is 13.1. The van der Waals surface area contributed by atoms with Gasteiger partial charge in [0.1, 0.15) is 0 Å². The molecule has 1 saturated carbocycles. The fourth-order valence-electron chi connectivity index (χ4n) is 5.03. The molecule has 0 atom stereocenters. The van der Waals surface area contributed by atoms with Gasteiger partial charge in [-0.15, -0.1) is 0 Å². The number of rotatable bonds is 14. The minimum absolute atomic E-state index is 0.696. The van der Waals surface area contributed by atoms with Crippen LogP contribution in [0.5, 0.6) is 0 Å². The van der Waals surface area contributed by atoms with E-state index in [1.165, 1.54) is 90.3 Å². The summed E-state index contributed by atoms with van der Waals surface area (Å²) < 4.78 is 5.49. The molecule has 0 amide bonds. The first kappa shape index (κ1) is 26.3. The topological polar surface area (TPSA) is 52.7 Å². The smallest absolute Gasteiger partial charge is 0.170 e. The number of ether oxygens (including phenoxy) is 1. The summed E-state index contributed by atoms with van der Waals surface area (Å²) in [6.45, 7) is 8.78. The molecule has 0 unspecified atom stereocenters. The molecule has 1 saturated heterocycles. The summed E-state index contributed by atoms with van der Waals surface area (Å²) >= 11 is 5.37. The Bertz CT molecular complexity index is 635. The summed E-state index contributed by atoms with van der Waals surface area (Å²) in [5, 5.41) is 7.21. The zero-order chi connectivity index (χ0) is 23.0. The van der Waals surface area contributed by atoms with Gasteiger partial charge in [-0.1, -0.05) is 38.5 Å². The molecule has 1 aromatic heterocycles. The van der Waals surface area contributed by atoms with Crippen molar-refractivity contribution in [2.24, 2.45) is 0 Å². The molecule has 2 heterocycles. The van der Waals surface area contributed by atoms with Gasteiger partial charge in [0.15, 0.2) is 5.11 Å². The van der Waals surface area contributed by atoms with Crippen LogP contribution in [0.15, 0.2) is 24.5 Å². The van der Waals surface area contributed by atoms with Crippen molar-refractivity contribution in [3.05, 3.63) is 24.5 Å². The van der Waals surface area contributed by atoms with Gasteiger partial charge < -0.3 is 20.3 Å². The molecular formula is C26H45N5OS. The molecule has 7 heteroatoms. The number of anilines is 1. The van der Waals surface area contributed by atoms with Crippen LogP contribution in [0.2, 0.25) is 0 Å². The van der Waals surface area contributed by atoms with Crippen LogP contribution in [0, 0.1) is 0 Å². The fourth-order valence-corrected chi connectivity index (χ4v) is 5.25. The van der Waals surface area contributed by atoms with E-state index in [9.17, 15) is 0 Å². The van der Waals surface area contributed by atoms with E-state index >= 15 is 0 Å². The molecule has 6 nitrogen and oxygen atoms in total. The van der Waals surface area contributed by atoms with E-state index in [0.29, 0.717) is 5.11 Å². The Morgan fingerprint density at radius 2 is 1.67 bits per heavy atom. The van der Waals surface area contributed by atoms with Gasteiger partial charge in [-0.2, -0.15) is 0 Å². The number of aromatic nitrogens is 1. The van der Waals surface area contributed by atoms with Crippen LogP contribution < -0.4 is 10.6 Å². The number of nitrogens with zero attached hydrogens (tertiary/aromatic N) is 3. The SMILES string of the molecule is S=C(NCCCCCCCN(CCCN1CCOCC1)C1CCCCC1)Nc1ccncc1. The first-order valence-corrected chi connectivity index (χ1v) is 13.7. The Hall–Kier alpha value is -1.28. The minimum atomic E-state index is 0.696. The maximum Gasteiger partial charge on any atom is 0.170 e. The second-order valence-corrected chi connectivity index (χ2v) is 9.93. The third-order valence-electron chi connectivity index (χ3n) is 6.96. The van der Waals surface area contributed by atoms with Crippen LogP contribution in [-0.2, 0) is 4.74 Å². The number of pyridine rings is 1. The average molecular weight is 476 g/mol. The van der Waals surface area contributed by atoms with Gasteiger partial charge in [-0.3, -0.25) is 9.88 Å². The van der Waals surface area contributed by atoms with Crippen molar-refractivity contribution in [2.45, 2.75) is 76.7 Å². The van der Waals surface area contributed by atoms with Crippen molar-refractivity contribution in [3.8, 4) is 0 Å². The van der Waals surface area contributed by atoms with E-state index < -0.39 is 0 Å². The van der Waals surface area contributed by atoms with Gasteiger partial charge in [-0.25, -0.2) is 0 Å². The van der Waals surface area contributed by atoms with Gasteiger partial charge >= 0.3 is 0 Å². The zero-order valence-corrected chi connectivity index (χ0v) is 21.3. The second-order valence-electron chi connectivity index (χ2n) is 9.52. The molecule has 2 N–H and O–H groups in total. The number of unbranched alkanes of at least 4 members (excludes halogenated alkanes) is 4. The Morgan fingerprint density at radius 1 is 0.970 bits per heavy atom. The van der Waals surface area contributed by atoms with Gasteiger partial charge in [0, 0.05) is 43.8 Å². The monoisotopic (exact) mass is 475 g/mol. The van der Waals surface area contributed by atoms with E-state index in [0.717, 1.165) is 44.6 Å². The number of hydrogen-bond donors (Lipinski definition) is 2. The van der Waals surface area contributed by atoms with E-state index in [4.69, 9.17) is 17.0 Å². The normalized spacial score (nSPS) is 17.8. The summed E-state index contributed by atoms with van der Waals surface area (Å²) in [4.78, 5) is 9.44. The van der Waals surface area contributed by atoms with Crippen LogP contribution in [0.4, 0.5) is 5.69 Å².